The van der Waals surface area contributed by atoms with Crippen LogP contribution in [0.15, 0.2) is 0 Å². The second-order valence-corrected chi connectivity index (χ2v) is 1.15. The molecule has 0 fully saturated rings. The molecule has 0 aromatic carbocycles. The van der Waals surface area contributed by atoms with Crippen LogP contribution in [-0.2, 0) is 4.94 Å². The Balaban J connectivity index is 2.79. The van der Waals surface area contributed by atoms with Crippen LogP contribution in [0.25, 0.3) is 0 Å². The quantitative estimate of drug-likeness (QED) is 0.295. The molecule has 0 spiro atoms. The zero-order valence-electron chi connectivity index (χ0n) is 4.98. The van der Waals surface area contributed by atoms with Gasteiger partial charge in [-0.1, -0.05) is 11.8 Å². The fraction of sp³-hybridized carbons (Fsp3) is 0.333. The molecule has 3 heteroatoms. The van der Waals surface area contributed by atoms with E-state index in [0.717, 1.165) is 0 Å². The van der Waals surface area contributed by atoms with Gasteiger partial charge in [-0.2, -0.15) is 11.0 Å². The first kappa shape index (κ1) is 8.00. The third-order valence-corrected chi connectivity index (χ3v) is 0.493. The number of hydroxylamine groups is 2. The van der Waals surface area contributed by atoms with Gasteiger partial charge in [-0.25, -0.2) is 4.94 Å². The van der Waals surface area contributed by atoms with Crippen LogP contribution in [0, 0.1) is 24.7 Å². The van der Waals surface area contributed by atoms with Gasteiger partial charge in [0, 0.05) is 0 Å². The maximum atomic E-state index is 4.88. The Hall–Kier alpha value is -1.00. The molecule has 0 rings (SSSR count). The highest BCUT2D eigenvalue weighted by atomic mass is 16.8. The molecule has 0 radical (unpaired) electrons. The molecule has 0 aliphatic carbocycles. The number of terminal acetylenes is 2. The Morgan fingerprint density at radius 2 is 1.56 bits per heavy atom. The fourth-order valence-electron chi connectivity index (χ4n) is 0.207. The van der Waals surface area contributed by atoms with E-state index in [2.05, 4.69) is 27.7 Å². The van der Waals surface area contributed by atoms with E-state index in [1.807, 2.05) is 0 Å². The van der Waals surface area contributed by atoms with E-state index in [-0.39, 0.29) is 0 Å². The Kier molecular flexibility index (Phi) is 6.22. The van der Waals surface area contributed by atoms with Crippen molar-refractivity contribution >= 4 is 0 Å². The monoisotopic (exact) mass is 124 g/mol. The van der Waals surface area contributed by atoms with Crippen molar-refractivity contribution in [1.82, 2.24) is 11.0 Å². The SMILES string of the molecule is C#CCNONCC#C. The molecule has 0 aliphatic rings. The number of hydrogen-bond acceptors (Lipinski definition) is 3. The Morgan fingerprint density at radius 3 is 1.89 bits per heavy atom. The van der Waals surface area contributed by atoms with Gasteiger partial charge in [-0.05, 0) is 0 Å². The van der Waals surface area contributed by atoms with Crippen LogP contribution in [0.2, 0.25) is 0 Å². The van der Waals surface area contributed by atoms with Gasteiger partial charge < -0.3 is 0 Å². The first-order valence-electron chi connectivity index (χ1n) is 2.40. The van der Waals surface area contributed by atoms with Gasteiger partial charge in [0.05, 0.1) is 13.1 Å². The highest BCUT2D eigenvalue weighted by Gasteiger charge is 1.77. The van der Waals surface area contributed by atoms with Gasteiger partial charge in [0.1, 0.15) is 0 Å². The van der Waals surface area contributed by atoms with Crippen LogP contribution in [-0.4, -0.2) is 13.1 Å². The van der Waals surface area contributed by atoms with Crippen molar-refractivity contribution < 1.29 is 4.94 Å². The van der Waals surface area contributed by atoms with Crippen LogP contribution in [0.5, 0.6) is 0 Å². The summed E-state index contributed by atoms with van der Waals surface area (Å²) in [6.07, 6.45) is 9.77. The summed E-state index contributed by atoms with van der Waals surface area (Å²) in [5.74, 6) is 4.63. The lowest BCUT2D eigenvalue weighted by atomic mass is 10.7. The predicted octanol–water partition coefficient (Wildman–Crippen LogP) is -0.721. The zero-order valence-corrected chi connectivity index (χ0v) is 4.98. The summed E-state index contributed by atoms with van der Waals surface area (Å²) >= 11 is 0. The summed E-state index contributed by atoms with van der Waals surface area (Å²) in [5.41, 5.74) is 4.85. The third-order valence-electron chi connectivity index (χ3n) is 0.493. The van der Waals surface area contributed by atoms with Crippen molar-refractivity contribution in [3.63, 3.8) is 0 Å². The molecule has 0 unspecified atom stereocenters. The Labute approximate surface area is 54.7 Å². The van der Waals surface area contributed by atoms with E-state index in [1.54, 1.807) is 0 Å². The predicted molar refractivity (Wildman–Crippen MR) is 34.8 cm³/mol. The Morgan fingerprint density at radius 1 is 1.11 bits per heavy atom. The first-order valence-corrected chi connectivity index (χ1v) is 2.40. The van der Waals surface area contributed by atoms with Crippen LogP contribution in [0.1, 0.15) is 0 Å². The number of nitrogens with one attached hydrogen (secondary N) is 2. The largest absolute Gasteiger partial charge is 0.212 e. The molecule has 0 saturated heterocycles. The summed E-state index contributed by atoms with van der Waals surface area (Å²) in [7, 11) is 0. The Bertz CT molecular complexity index is 115. The summed E-state index contributed by atoms with van der Waals surface area (Å²) in [4.78, 5) is 4.53. The van der Waals surface area contributed by atoms with Gasteiger partial charge in [0.25, 0.3) is 0 Å². The normalized spacial score (nSPS) is 7.78. The van der Waals surface area contributed by atoms with Gasteiger partial charge >= 0.3 is 0 Å². The molecule has 0 amide bonds. The van der Waals surface area contributed by atoms with Crippen LogP contribution in [0.3, 0.4) is 0 Å². The maximum Gasteiger partial charge on any atom is 0.0837 e. The van der Waals surface area contributed by atoms with Crippen molar-refractivity contribution in [3.8, 4) is 24.7 Å². The van der Waals surface area contributed by atoms with E-state index < -0.39 is 0 Å². The third kappa shape index (κ3) is 7.00. The van der Waals surface area contributed by atoms with Crippen molar-refractivity contribution in [1.29, 1.82) is 0 Å². The molecule has 0 aromatic heterocycles. The summed E-state index contributed by atoms with van der Waals surface area (Å²) in [6, 6.07) is 0. The minimum absolute atomic E-state index is 0.359. The van der Waals surface area contributed by atoms with E-state index in [0.29, 0.717) is 13.1 Å². The van der Waals surface area contributed by atoms with Crippen LogP contribution in [0.4, 0.5) is 0 Å². The van der Waals surface area contributed by atoms with Crippen LogP contribution < -0.4 is 11.0 Å². The minimum Gasteiger partial charge on any atom is -0.212 e. The molecule has 0 aliphatic heterocycles. The van der Waals surface area contributed by atoms with E-state index in [4.69, 9.17) is 12.8 Å². The molecule has 0 atom stereocenters. The maximum absolute atomic E-state index is 4.88. The zero-order chi connectivity index (χ0) is 6.95. The van der Waals surface area contributed by atoms with E-state index >= 15 is 0 Å². The minimum atomic E-state index is 0.359. The smallest absolute Gasteiger partial charge is 0.0837 e. The van der Waals surface area contributed by atoms with Gasteiger partial charge in [-0.3, -0.25) is 0 Å². The van der Waals surface area contributed by atoms with E-state index in [1.165, 1.54) is 0 Å². The second kappa shape index (κ2) is 7.00. The molecule has 3 nitrogen and oxygen atoms in total. The summed E-state index contributed by atoms with van der Waals surface area (Å²) in [5, 5.41) is 0. The molecule has 9 heavy (non-hydrogen) atoms. The first-order chi connectivity index (χ1) is 4.41. The molecule has 0 bridgehead atoms. The van der Waals surface area contributed by atoms with Crippen LogP contribution >= 0.6 is 0 Å². The topological polar surface area (TPSA) is 33.3 Å². The lowest BCUT2D eigenvalue weighted by Crippen LogP contribution is -2.26. The lowest BCUT2D eigenvalue weighted by molar-refractivity contribution is -0.0248. The summed E-state index contributed by atoms with van der Waals surface area (Å²) < 4.78 is 0. The molecule has 0 aromatic rings. The van der Waals surface area contributed by atoms with Gasteiger partial charge in [0.15, 0.2) is 0 Å². The van der Waals surface area contributed by atoms with Crippen molar-refractivity contribution in [2.24, 2.45) is 0 Å². The second-order valence-electron chi connectivity index (χ2n) is 1.15. The highest BCUT2D eigenvalue weighted by Crippen LogP contribution is 1.55. The fourth-order valence-corrected chi connectivity index (χ4v) is 0.207. The lowest BCUT2D eigenvalue weighted by Gasteiger charge is -1.98. The number of rotatable bonds is 4. The number of hydrogen-bond donors (Lipinski definition) is 2. The molecule has 2 N–H and O–H groups in total. The molecular formula is C6H8N2O. The van der Waals surface area contributed by atoms with Crippen molar-refractivity contribution in [2.75, 3.05) is 13.1 Å². The van der Waals surface area contributed by atoms with E-state index in [9.17, 15) is 0 Å². The van der Waals surface area contributed by atoms with Gasteiger partial charge in [0.2, 0.25) is 0 Å². The molecular weight excluding hydrogens is 116 g/mol. The highest BCUT2D eigenvalue weighted by molar-refractivity contribution is 4.85. The van der Waals surface area contributed by atoms with Crippen molar-refractivity contribution in [3.05, 3.63) is 0 Å². The average molecular weight is 124 g/mol. The molecule has 0 heterocycles. The van der Waals surface area contributed by atoms with Crippen molar-refractivity contribution in [2.45, 2.75) is 0 Å². The standard InChI is InChI=1S/C6H8N2O/c1-3-5-7-9-8-6-4-2/h1-2,7-8H,5-6H2. The average Bonchev–Trinajstić information content (AvgIpc) is 1.89. The molecule has 48 valence electrons. The van der Waals surface area contributed by atoms with Gasteiger partial charge in [-0.15, -0.1) is 12.8 Å². The molecule has 0 saturated carbocycles. The summed E-state index contributed by atoms with van der Waals surface area (Å²) in [6.45, 7) is 0.717.